The first-order valence-corrected chi connectivity index (χ1v) is 6.40. The highest BCUT2D eigenvalue weighted by molar-refractivity contribution is 5.44. The number of nitrogens with one attached hydrogen (secondary N) is 1. The summed E-state index contributed by atoms with van der Waals surface area (Å²) in [6, 6.07) is 4.45. The summed E-state index contributed by atoms with van der Waals surface area (Å²) in [5.74, 6) is 0.123. The second-order valence-corrected chi connectivity index (χ2v) is 4.74. The normalized spacial score (nSPS) is 13.6. The Bertz CT molecular complexity index is 368. The van der Waals surface area contributed by atoms with Gasteiger partial charge in [-0.05, 0) is 31.9 Å². The van der Waals surface area contributed by atoms with E-state index in [2.05, 4.69) is 5.32 Å². The SMILES string of the molecule is CCC(O)(CC)CNC(C)c1c(O)cccc1O. The lowest BCUT2D eigenvalue weighted by Gasteiger charge is -2.28. The first-order valence-electron chi connectivity index (χ1n) is 6.40. The van der Waals surface area contributed by atoms with Crippen LogP contribution in [0.4, 0.5) is 0 Å². The number of hydrogen-bond donors (Lipinski definition) is 4. The first kappa shape index (κ1) is 14.8. The van der Waals surface area contributed by atoms with E-state index in [9.17, 15) is 15.3 Å². The van der Waals surface area contributed by atoms with Gasteiger partial charge in [-0.2, -0.15) is 0 Å². The van der Waals surface area contributed by atoms with Gasteiger partial charge in [-0.25, -0.2) is 0 Å². The summed E-state index contributed by atoms with van der Waals surface area (Å²) in [7, 11) is 0. The molecule has 0 heterocycles. The van der Waals surface area contributed by atoms with Crippen LogP contribution in [-0.2, 0) is 0 Å². The van der Waals surface area contributed by atoms with E-state index in [0.717, 1.165) is 0 Å². The lowest BCUT2D eigenvalue weighted by atomic mass is 9.96. The summed E-state index contributed by atoms with van der Waals surface area (Å²) >= 11 is 0. The smallest absolute Gasteiger partial charge is 0.124 e. The molecule has 0 saturated carbocycles. The topological polar surface area (TPSA) is 72.7 Å². The van der Waals surface area contributed by atoms with E-state index < -0.39 is 5.60 Å². The molecule has 1 atom stereocenters. The van der Waals surface area contributed by atoms with Crippen molar-refractivity contribution in [3.8, 4) is 11.5 Å². The Balaban J connectivity index is 2.74. The van der Waals surface area contributed by atoms with Crippen molar-refractivity contribution in [3.05, 3.63) is 23.8 Å². The van der Waals surface area contributed by atoms with Crippen molar-refractivity contribution < 1.29 is 15.3 Å². The van der Waals surface area contributed by atoms with Crippen LogP contribution < -0.4 is 5.32 Å². The molecular weight excluding hydrogens is 230 g/mol. The van der Waals surface area contributed by atoms with Gasteiger partial charge < -0.3 is 20.6 Å². The molecule has 0 radical (unpaired) electrons. The molecule has 4 N–H and O–H groups in total. The lowest BCUT2D eigenvalue weighted by Crippen LogP contribution is -2.40. The molecule has 0 saturated heterocycles. The van der Waals surface area contributed by atoms with E-state index in [1.165, 1.54) is 0 Å². The van der Waals surface area contributed by atoms with Gasteiger partial charge in [0.15, 0.2) is 0 Å². The van der Waals surface area contributed by atoms with E-state index >= 15 is 0 Å². The van der Waals surface area contributed by atoms with E-state index in [4.69, 9.17) is 0 Å². The molecule has 4 nitrogen and oxygen atoms in total. The minimum atomic E-state index is -0.742. The molecule has 1 aromatic rings. The highest BCUT2D eigenvalue weighted by Gasteiger charge is 2.24. The maximum atomic E-state index is 10.2. The van der Waals surface area contributed by atoms with Crippen LogP contribution in [0.15, 0.2) is 18.2 Å². The Morgan fingerprint density at radius 3 is 2.11 bits per heavy atom. The average Bonchev–Trinajstić information content (AvgIpc) is 2.36. The summed E-state index contributed by atoms with van der Waals surface area (Å²) in [6.45, 7) is 6.15. The average molecular weight is 253 g/mol. The van der Waals surface area contributed by atoms with Crippen LogP contribution in [-0.4, -0.2) is 27.5 Å². The Kier molecular flexibility index (Phi) is 4.99. The van der Waals surface area contributed by atoms with Crippen LogP contribution in [0, 0.1) is 0 Å². The highest BCUT2D eigenvalue weighted by atomic mass is 16.3. The van der Waals surface area contributed by atoms with Gasteiger partial charge in [0.1, 0.15) is 11.5 Å². The van der Waals surface area contributed by atoms with Gasteiger partial charge in [0.2, 0.25) is 0 Å². The minimum Gasteiger partial charge on any atom is -0.507 e. The maximum absolute atomic E-state index is 10.2. The molecule has 1 rings (SSSR count). The molecule has 1 unspecified atom stereocenters. The van der Waals surface area contributed by atoms with Crippen LogP contribution in [0.1, 0.15) is 45.2 Å². The minimum absolute atomic E-state index is 0.0616. The largest absolute Gasteiger partial charge is 0.507 e. The van der Waals surface area contributed by atoms with E-state index in [1.54, 1.807) is 18.2 Å². The summed E-state index contributed by atoms with van der Waals surface area (Å²) in [5, 5.41) is 32.8. The molecule has 0 aliphatic rings. The summed E-state index contributed by atoms with van der Waals surface area (Å²) in [5.41, 5.74) is -0.277. The van der Waals surface area contributed by atoms with Gasteiger partial charge >= 0.3 is 0 Å². The van der Waals surface area contributed by atoms with Crippen molar-refractivity contribution >= 4 is 0 Å². The zero-order valence-electron chi connectivity index (χ0n) is 11.3. The van der Waals surface area contributed by atoms with Crippen molar-refractivity contribution in [3.63, 3.8) is 0 Å². The number of phenols is 2. The molecular formula is C14H23NO3. The Labute approximate surface area is 108 Å². The van der Waals surface area contributed by atoms with E-state index in [0.29, 0.717) is 24.9 Å². The molecule has 0 spiro atoms. The zero-order valence-corrected chi connectivity index (χ0v) is 11.3. The van der Waals surface area contributed by atoms with Gasteiger partial charge in [-0.15, -0.1) is 0 Å². The molecule has 0 amide bonds. The van der Waals surface area contributed by atoms with Crippen LogP contribution >= 0.6 is 0 Å². The monoisotopic (exact) mass is 253 g/mol. The van der Waals surface area contributed by atoms with Crippen LogP contribution in [0.5, 0.6) is 11.5 Å². The predicted molar refractivity (Wildman–Crippen MR) is 71.7 cm³/mol. The predicted octanol–water partition coefficient (Wildman–Crippen LogP) is 2.30. The van der Waals surface area contributed by atoms with Crippen molar-refractivity contribution in [1.82, 2.24) is 5.32 Å². The van der Waals surface area contributed by atoms with Gasteiger partial charge in [0, 0.05) is 12.6 Å². The quantitative estimate of drug-likeness (QED) is 0.627. The van der Waals surface area contributed by atoms with Crippen LogP contribution in [0.2, 0.25) is 0 Å². The lowest BCUT2D eigenvalue weighted by molar-refractivity contribution is 0.0302. The second-order valence-electron chi connectivity index (χ2n) is 4.74. The molecule has 1 aromatic carbocycles. The van der Waals surface area contributed by atoms with Gasteiger partial charge in [-0.1, -0.05) is 19.9 Å². The third-order valence-electron chi connectivity index (χ3n) is 3.55. The van der Waals surface area contributed by atoms with Crippen LogP contribution in [0.25, 0.3) is 0 Å². The summed E-state index contributed by atoms with van der Waals surface area (Å²) in [6.07, 6.45) is 1.33. The molecule has 0 aliphatic heterocycles. The van der Waals surface area contributed by atoms with Gasteiger partial charge in [-0.3, -0.25) is 0 Å². The maximum Gasteiger partial charge on any atom is 0.124 e. The molecule has 4 heteroatoms. The summed E-state index contributed by atoms with van der Waals surface area (Å²) < 4.78 is 0. The number of phenolic OH excluding ortho intramolecular Hbond substituents is 2. The highest BCUT2D eigenvalue weighted by Crippen LogP contribution is 2.32. The van der Waals surface area contributed by atoms with E-state index in [-0.39, 0.29) is 17.5 Å². The number of rotatable bonds is 6. The standard InChI is InChI=1S/C14H23NO3/c1-4-14(18,5-2)9-15-10(3)13-11(16)7-6-8-12(13)17/h6-8,10,15-18H,4-5,9H2,1-3H3. The van der Waals surface area contributed by atoms with Gasteiger partial charge in [0.25, 0.3) is 0 Å². The fourth-order valence-electron chi connectivity index (χ4n) is 1.93. The molecule has 102 valence electrons. The Hall–Kier alpha value is -1.26. The number of aromatic hydroxyl groups is 2. The zero-order chi connectivity index (χ0) is 13.8. The third-order valence-corrected chi connectivity index (χ3v) is 3.55. The molecule has 0 aromatic heterocycles. The van der Waals surface area contributed by atoms with Crippen molar-refractivity contribution in [1.29, 1.82) is 0 Å². The second kappa shape index (κ2) is 6.07. The fraction of sp³-hybridized carbons (Fsp3) is 0.571. The van der Waals surface area contributed by atoms with Crippen LogP contribution in [0.3, 0.4) is 0 Å². The first-order chi connectivity index (χ1) is 8.43. The fourth-order valence-corrected chi connectivity index (χ4v) is 1.93. The third kappa shape index (κ3) is 3.37. The number of hydrogen-bond acceptors (Lipinski definition) is 4. The Morgan fingerprint density at radius 2 is 1.67 bits per heavy atom. The summed E-state index contributed by atoms with van der Waals surface area (Å²) in [4.78, 5) is 0. The molecule has 0 aliphatic carbocycles. The van der Waals surface area contributed by atoms with Crippen molar-refractivity contribution in [2.24, 2.45) is 0 Å². The number of aliphatic hydroxyl groups is 1. The van der Waals surface area contributed by atoms with E-state index in [1.807, 2.05) is 20.8 Å². The molecule has 0 bridgehead atoms. The van der Waals surface area contributed by atoms with Crippen molar-refractivity contribution in [2.45, 2.75) is 45.3 Å². The number of benzene rings is 1. The Morgan fingerprint density at radius 1 is 1.17 bits per heavy atom. The van der Waals surface area contributed by atoms with Gasteiger partial charge in [0.05, 0.1) is 11.2 Å². The van der Waals surface area contributed by atoms with Crippen molar-refractivity contribution in [2.75, 3.05) is 6.54 Å². The molecule has 0 fully saturated rings. The molecule has 18 heavy (non-hydrogen) atoms.